The van der Waals surface area contributed by atoms with E-state index in [-0.39, 0.29) is 17.4 Å². The Labute approximate surface area is 103 Å². The third kappa shape index (κ3) is 4.47. The molecule has 0 aliphatic heterocycles. The summed E-state index contributed by atoms with van der Waals surface area (Å²) >= 11 is 0. The van der Waals surface area contributed by atoms with E-state index in [0.717, 1.165) is 11.3 Å². The summed E-state index contributed by atoms with van der Waals surface area (Å²) in [6.07, 6.45) is 0.403. The van der Waals surface area contributed by atoms with Gasteiger partial charge in [0.05, 0.1) is 6.42 Å². The second-order valence-electron chi connectivity index (χ2n) is 5.57. The molecular formula is C14H22N2O. The number of benzene rings is 1. The van der Waals surface area contributed by atoms with Gasteiger partial charge in [-0.25, -0.2) is 0 Å². The standard InChI is InChI=1S/C14H22N2O/c1-10(14(2,3)4)16-13(17)9-11-5-7-12(15)8-6-11/h5-8,10H,9,15H2,1-4H3,(H,16,17). The summed E-state index contributed by atoms with van der Waals surface area (Å²) in [5.41, 5.74) is 7.38. The summed E-state index contributed by atoms with van der Waals surface area (Å²) < 4.78 is 0. The van der Waals surface area contributed by atoms with E-state index in [1.165, 1.54) is 0 Å². The zero-order valence-corrected chi connectivity index (χ0v) is 11.1. The van der Waals surface area contributed by atoms with Crippen molar-refractivity contribution in [3.8, 4) is 0 Å². The van der Waals surface area contributed by atoms with Crippen molar-refractivity contribution >= 4 is 11.6 Å². The highest BCUT2D eigenvalue weighted by Gasteiger charge is 2.21. The topological polar surface area (TPSA) is 55.1 Å². The minimum Gasteiger partial charge on any atom is -0.399 e. The van der Waals surface area contributed by atoms with Crippen LogP contribution >= 0.6 is 0 Å². The first-order valence-corrected chi connectivity index (χ1v) is 5.93. The third-order valence-electron chi connectivity index (χ3n) is 3.02. The fraction of sp³-hybridized carbons (Fsp3) is 0.500. The van der Waals surface area contributed by atoms with Crippen molar-refractivity contribution in [1.82, 2.24) is 5.32 Å². The molecule has 0 aromatic heterocycles. The van der Waals surface area contributed by atoms with Gasteiger partial charge in [0.2, 0.25) is 5.91 Å². The molecule has 0 saturated heterocycles. The minimum atomic E-state index is 0.0530. The molecule has 3 N–H and O–H groups in total. The van der Waals surface area contributed by atoms with Crippen LogP contribution in [0.15, 0.2) is 24.3 Å². The van der Waals surface area contributed by atoms with Crippen LogP contribution in [0.3, 0.4) is 0 Å². The molecule has 0 bridgehead atoms. The van der Waals surface area contributed by atoms with Gasteiger partial charge < -0.3 is 11.1 Å². The lowest BCUT2D eigenvalue weighted by Gasteiger charge is -2.28. The molecule has 1 rings (SSSR count). The van der Waals surface area contributed by atoms with Crippen molar-refractivity contribution < 1.29 is 4.79 Å². The lowest BCUT2D eigenvalue weighted by atomic mass is 9.88. The van der Waals surface area contributed by atoms with Gasteiger partial charge in [-0.15, -0.1) is 0 Å². The zero-order valence-electron chi connectivity index (χ0n) is 11.1. The number of nitrogens with two attached hydrogens (primary N) is 1. The maximum Gasteiger partial charge on any atom is 0.224 e. The third-order valence-corrected chi connectivity index (χ3v) is 3.02. The van der Waals surface area contributed by atoms with E-state index in [1.807, 2.05) is 31.2 Å². The minimum absolute atomic E-state index is 0.0530. The van der Waals surface area contributed by atoms with E-state index < -0.39 is 0 Å². The molecular weight excluding hydrogens is 212 g/mol. The molecule has 0 radical (unpaired) electrons. The van der Waals surface area contributed by atoms with Gasteiger partial charge in [0.1, 0.15) is 0 Å². The van der Waals surface area contributed by atoms with E-state index in [1.54, 1.807) is 0 Å². The first-order chi connectivity index (χ1) is 7.79. The van der Waals surface area contributed by atoms with Crippen LogP contribution in [0.25, 0.3) is 0 Å². The fourth-order valence-electron chi connectivity index (χ4n) is 1.33. The van der Waals surface area contributed by atoms with E-state index in [2.05, 4.69) is 26.1 Å². The largest absolute Gasteiger partial charge is 0.399 e. The highest BCUT2D eigenvalue weighted by Crippen LogP contribution is 2.18. The van der Waals surface area contributed by atoms with Gasteiger partial charge in [-0.3, -0.25) is 4.79 Å². The fourth-order valence-corrected chi connectivity index (χ4v) is 1.33. The van der Waals surface area contributed by atoms with Crippen molar-refractivity contribution in [1.29, 1.82) is 0 Å². The van der Waals surface area contributed by atoms with Crippen LogP contribution in [0.1, 0.15) is 33.3 Å². The van der Waals surface area contributed by atoms with Gasteiger partial charge in [0.15, 0.2) is 0 Å². The molecule has 0 saturated carbocycles. The molecule has 1 atom stereocenters. The maximum atomic E-state index is 11.8. The van der Waals surface area contributed by atoms with Gasteiger partial charge in [-0.1, -0.05) is 32.9 Å². The van der Waals surface area contributed by atoms with Crippen LogP contribution in [-0.2, 0) is 11.2 Å². The normalized spacial score (nSPS) is 13.2. The number of nitrogens with one attached hydrogen (secondary N) is 1. The highest BCUT2D eigenvalue weighted by molar-refractivity contribution is 5.79. The Morgan fingerprint density at radius 2 is 1.82 bits per heavy atom. The quantitative estimate of drug-likeness (QED) is 0.789. The number of rotatable bonds is 3. The smallest absolute Gasteiger partial charge is 0.224 e. The summed E-state index contributed by atoms with van der Waals surface area (Å²) in [7, 11) is 0. The van der Waals surface area contributed by atoms with E-state index in [4.69, 9.17) is 5.73 Å². The van der Waals surface area contributed by atoms with Crippen molar-refractivity contribution in [2.75, 3.05) is 5.73 Å². The number of anilines is 1. The first kappa shape index (κ1) is 13.6. The Hall–Kier alpha value is -1.51. The van der Waals surface area contributed by atoms with Crippen molar-refractivity contribution in [3.05, 3.63) is 29.8 Å². The predicted molar refractivity (Wildman–Crippen MR) is 71.6 cm³/mol. The predicted octanol–water partition coefficient (Wildman–Crippen LogP) is 2.36. The summed E-state index contributed by atoms with van der Waals surface area (Å²) in [5.74, 6) is 0.0530. The summed E-state index contributed by atoms with van der Waals surface area (Å²) in [4.78, 5) is 11.8. The molecule has 3 heteroatoms. The number of carbonyl (C=O) groups is 1. The molecule has 1 aromatic carbocycles. The average Bonchev–Trinajstić information content (AvgIpc) is 2.20. The van der Waals surface area contributed by atoms with E-state index >= 15 is 0 Å². The number of nitrogen functional groups attached to an aromatic ring is 1. The molecule has 0 aliphatic rings. The summed E-state index contributed by atoms with van der Waals surface area (Å²) in [6, 6.07) is 7.56. The maximum absolute atomic E-state index is 11.8. The molecule has 3 nitrogen and oxygen atoms in total. The van der Waals surface area contributed by atoms with Gasteiger partial charge in [-0.05, 0) is 30.0 Å². The number of carbonyl (C=O) groups excluding carboxylic acids is 1. The van der Waals surface area contributed by atoms with Gasteiger partial charge in [0, 0.05) is 11.7 Å². The molecule has 1 aromatic rings. The van der Waals surface area contributed by atoms with Crippen LogP contribution in [0.5, 0.6) is 0 Å². The molecule has 1 unspecified atom stereocenters. The van der Waals surface area contributed by atoms with Crippen LogP contribution in [0, 0.1) is 5.41 Å². The Morgan fingerprint density at radius 3 is 2.29 bits per heavy atom. The van der Waals surface area contributed by atoms with Crippen LogP contribution in [0.2, 0.25) is 0 Å². The van der Waals surface area contributed by atoms with Crippen molar-refractivity contribution in [2.24, 2.45) is 5.41 Å². The van der Waals surface area contributed by atoms with Gasteiger partial charge in [0.25, 0.3) is 0 Å². The van der Waals surface area contributed by atoms with Crippen LogP contribution in [-0.4, -0.2) is 11.9 Å². The van der Waals surface area contributed by atoms with Gasteiger partial charge >= 0.3 is 0 Å². The number of amides is 1. The Kier molecular flexibility index (Phi) is 4.16. The van der Waals surface area contributed by atoms with Crippen LogP contribution < -0.4 is 11.1 Å². The highest BCUT2D eigenvalue weighted by atomic mass is 16.1. The monoisotopic (exact) mass is 234 g/mol. The Balaban J connectivity index is 2.53. The van der Waals surface area contributed by atoms with Crippen molar-refractivity contribution in [3.63, 3.8) is 0 Å². The van der Waals surface area contributed by atoms with E-state index in [0.29, 0.717) is 6.42 Å². The van der Waals surface area contributed by atoms with Crippen LogP contribution in [0.4, 0.5) is 5.69 Å². The SMILES string of the molecule is CC(NC(=O)Cc1ccc(N)cc1)C(C)(C)C. The molecule has 17 heavy (non-hydrogen) atoms. The van der Waals surface area contributed by atoms with Gasteiger partial charge in [-0.2, -0.15) is 0 Å². The average molecular weight is 234 g/mol. The molecule has 0 fully saturated rings. The number of hydrogen-bond donors (Lipinski definition) is 2. The first-order valence-electron chi connectivity index (χ1n) is 5.93. The van der Waals surface area contributed by atoms with Crippen molar-refractivity contribution in [2.45, 2.75) is 40.2 Å². The molecule has 0 aliphatic carbocycles. The Bertz CT molecular complexity index is 376. The molecule has 94 valence electrons. The molecule has 0 spiro atoms. The summed E-state index contributed by atoms with van der Waals surface area (Å²) in [5, 5.41) is 3.01. The Morgan fingerprint density at radius 1 is 1.29 bits per heavy atom. The van der Waals surface area contributed by atoms with E-state index in [9.17, 15) is 4.79 Å². The second-order valence-corrected chi connectivity index (χ2v) is 5.57. The molecule has 0 heterocycles. The molecule has 1 amide bonds. The zero-order chi connectivity index (χ0) is 13.1. The second kappa shape index (κ2) is 5.21. The lowest BCUT2D eigenvalue weighted by Crippen LogP contribution is -2.42. The summed E-state index contributed by atoms with van der Waals surface area (Å²) in [6.45, 7) is 8.37. The number of hydrogen-bond acceptors (Lipinski definition) is 2. The lowest BCUT2D eigenvalue weighted by molar-refractivity contribution is -0.121.